The molecule has 3 nitrogen and oxygen atoms in total. The van der Waals surface area contributed by atoms with E-state index >= 15 is 0 Å². The first-order chi connectivity index (χ1) is 6.81. The molecule has 1 unspecified atom stereocenters. The van der Waals surface area contributed by atoms with Crippen molar-refractivity contribution in [3.05, 3.63) is 0 Å². The Bertz CT molecular complexity index is 99.5. The molecule has 0 radical (unpaired) electrons. The van der Waals surface area contributed by atoms with Crippen LogP contribution in [0.5, 0.6) is 0 Å². The van der Waals surface area contributed by atoms with Crippen LogP contribution >= 0.6 is 11.8 Å². The summed E-state index contributed by atoms with van der Waals surface area (Å²) < 4.78 is 5.28. The molecule has 0 aliphatic rings. The lowest BCUT2D eigenvalue weighted by Crippen LogP contribution is -2.18. The van der Waals surface area contributed by atoms with E-state index in [4.69, 9.17) is 9.84 Å². The first-order valence-electron chi connectivity index (χ1n) is 5.25. The SMILES string of the molecule is CCCCOCC(O)CSCCCO. The molecule has 1 atom stereocenters. The van der Waals surface area contributed by atoms with Crippen LogP contribution in [0.15, 0.2) is 0 Å². The van der Waals surface area contributed by atoms with Crippen LogP contribution in [0.4, 0.5) is 0 Å². The zero-order valence-electron chi connectivity index (χ0n) is 8.95. The minimum absolute atomic E-state index is 0.232. The molecule has 0 rings (SSSR count). The second-order valence-electron chi connectivity index (χ2n) is 3.23. The van der Waals surface area contributed by atoms with Crippen molar-refractivity contribution in [3.8, 4) is 0 Å². The fourth-order valence-corrected chi connectivity index (χ4v) is 1.77. The van der Waals surface area contributed by atoms with Crippen molar-refractivity contribution in [1.29, 1.82) is 0 Å². The van der Waals surface area contributed by atoms with E-state index in [0.717, 1.165) is 31.6 Å². The van der Waals surface area contributed by atoms with Gasteiger partial charge in [0.05, 0.1) is 12.7 Å². The monoisotopic (exact) mass is 222 g/mol. The Morgan fingerprint density at radius 2 is 2.14 bits per heavy atom. The Labute approximate surface area is 90.8 Å². The van der Waals surface area contributed by atoms with Gasteiger partial charge in [0.25, 0.3) is 0 Å². The quantitative estimate of drug-likeness (QED) is 0.547. The molecule has 0 aromatic rings. The molecule has 0 spiro atoms. The lowest BCUT2D eigenvalue weighted by molar-refractivity contribution is 0.0473. The Balaban J connectivity index is 3.07. The highest BCUT2D eigenvalue weighted by molar-refractivity contribution is 7.99. The van der Waals surface area contributed by atoms with Gasteiger partial charge in [-0.05, 0) is 18.6 Å². The smallest absolute Gasteiger partial charge is 0.0863 e. The van der Waals surface area contributed by atoms with E-state index in [1.807, 2.05) is 0 Å². The van der Waals surface area contributed by atoms with Gasteiger partial charge in [0, 0.05) is 19.0 Å². The van der Waals surface area contributed by atoms with Gasteiger partial charge in [-0.15, -0.1) is 0 Å². The van der Waals surface area contributed by atoms with E-state index in [1.54, 1.807) is 11.8 Å². The van der Waals surface area contributed by atoms with E-state index in [2.05, 4.69) is 6.92 Å². The summed E-state index contributed by atoms with van der Waals surface area (Å²) in [6.07, 6.45) is 2.62. The summed E-state index contributed by atoms with van der Waals surface area (Å²) >= 11 is 1.66. The molecule has 86 valence electrons. The second-order valence-corrected chi connectivity index (χ2v) is 4.38. The van der Waals surface area contributed by atoms with Crippen LogP contribution in [-0.4, -0.2) is 47.6 Å². The number of hydrogen-bond acceptors (Lipinski definition) is 4. The van der Waals surface area contributed by atoms with E-state index in [1.165, 1.54) is 0 Å². The predicted octanol–water partition coefficient (Wildman–Crippen LogP) is 1.28. The molecule has 0 aliphatic carbocycles. The maximum absolute atomic E-state index is 9.44. The zero-order chi connectivity index (χ0) is 10.6. The minimum Gasteiger partial charge on any atom is -0.396 e. The van der Waals surface area contributed by atoms with Crippen molar-refractivity contribution in [2.75, 3.05) is 31.3 Å². The molecule has 0 aromatic carbocycles. The molecule has 0 aliphatic heterocycles. The third-order valence-electron chi connectivity index (χ3n) is 1.71. The van der Waals surface area contributed by atoms with E-state index in [0.29, 0.717) is 12.4 Å². The van der Waals surface area contributed by atoms with Crippen molar-refractivity contribution in [2.45, 2.75) is 32.3 Å². The Hall–Kier alpha value is 0.230. The highest BCUT2D eigenvalue weighted by Crippen LogP contribution is 2.05. The lowest BCUT2D eigenvalue weighted by Gasteiger charge is -2.10. The third kappa shape index (κ3) is 10.3. The number of rotatable bonds is 10. The first kappa shape index (κ1) is 14.2. The van der Waals surface area contributed by atoms with E-state index < -0.39 is 0 Å². The molecular weight excluding hydrogens is 200 g/mol. The molecule has 2 N–H and O–H groups in total. The molecule has 0 heterocycles. The van der Waals surface area contributed by atoms with Crippen LogP contribution in [0.25, 0.3) is 0 Å². The topological polar surface area (TPSA) is 49.7 Å². The van der Waals surface area contributed by atoms with Crippen molar-refractivity contribution >= 4 is 11.8 Å². The van der Waals surface area contributed by atoms with Gasteiger partial charge < -0.3 is 14.9 Å². The molecule has 14 heavy (non-hydrogen) atoms. The summed E-state index contributed by atoms with van der Waals surface area (Å²) in [5.74, 6) is 1.61. The third-order valence-corrected chi connectivity index (χ3v) is 2.91. The Morgan fingerprint density at radius 1 is 1.36 bits per heavy atom. The molecule has 0 aromatic heterocycles. The summed E-state index contributed by atoms with van der Waals surface area (Å²) in [5.41, 5.74) is 0. The maximum Gasteiger partial charge on any atom is 0.0863 e. The van der Waals surface area contributed by atoms with Gasteiger partial charge in [-0.2, -0.15) is 11.8 Å². The summed E-state index contributed by atoms with van der Waals surface area (Å²) in [7, 11) is 0. The average molecular weight is 222 g/mol. The van der Waals surface area contributed by atoms with Crippen molar-refractivity contribution in [2.24, 2.45) is 0 Å². The van der Waals surface area contributed by atoms with Crippen molar-refractivity contribution < 1.29 is 14.9 Å². The fourth-order valence-electron chi connectivity index (χ4n) is 0.900. The van der Waals surface area contributed by atoms with Crippen LogP contribution in [-0.2, 0) is 4.74 Å². The number of unbranched alkanes of at least 4 members (excludes halogenated alkanes) is 1. The number of aliphatic hydroxyl groups excluding tert-OH is 2. The number of hydrogen-bond donors (Lipinski definition) is 2. The Kier molecular flexibility index (Phi) is 11.5. The second kappa shape index (κ2) is 11.3. The van der Waals surface area contributed by atoms with Crippen LogP contribution < -0.4 is 0 Å². The van der Waals surface area contributed by atoms with Crippen LogP contribution in [0.3, 0.4) is 0 Å². The largest absolute Gasteiger partial charge is 0.396 e. The number of thioether (sulfide) groups is 1. The van der Waals surface area contributed by atoms with Crippen LogP contribution in [0.2, 0.25) is 0 Å². The van der Waals surface area contributed by atoms with Gasteiger partial charge >= 0.3 is 0 Å². The highest BCUT2D eigenvalue weighted by atomic mass is 32.2. The highest BCUT2D eigenvalue weighted by Gasteiger charge is 2.03. The van der Waals surface area contributed by atoms with Gasteiger partial charge in [-0.1, -0.05) is 13.3 Å². The molecular formula is C10H22O3S. The Morgan fingerprint density at radius 3 is 2.79 bits per heavy atom. The fraction of sp³-hybridized carbons (Fsp3) is 1.00. The molecule has 0 bridgehead atoms. The summed E-state index contributed by atoms with van der Waals surface area (Å²) in [6, 6.07) is 0. The van der Waals surface area contributed by atoms with Gasteiger partial charge in [-0.3, -0.25) is 0 Å². The molecule has 0 amide bonds. The normalized spacial score (nSPS) is 13.1. The summed E-state index contributed by atoms with van der Waals surface area (Å²) in [6.45, 7) is 3.53. The number of aliphatic hydroxyl groups is 2. The van der Waals surface area contributed by atoms with Gasteiger partial charge in [-0.25, -0.2) is 0 Å². The molecule has 4 heteroatoms. The van der Waals surface area contributed by atoms with E-state index in [9.17, 15) is 5.11 Å². The van der Waals surface area contributed by atoms with Gasteiger partial charge in [0.15, 0.2) is 0 Å². The van der Waals surface area contributed by atoms with E-state index in [-0.39, 0.29) is 12.7 Å². The van der Waals surface area contributed by atoms with Crippen LogP contribution in [0, 0.1) is 0 Å². The molecule has 0 fully saturated rings. The van der Waals surface area contributed by atoms with Gasteiger partial charge in [0.2, 0.25) is 0 Å². The standard InChI is InChI=1S/C10H22O3S/c1-2-3-6-13-8-10(12)9-14-7-4-5-11/h10-12H,2-9H2,1H3. The number of ether oxygens (including phenoxy) is 1. The summed E-state index contributed by atoms with van der Waals surface area (Å²) in [4.78, 5) is 0. The minimum atomic E-state index is -0.365. The van der Waals surface area contributed by atoms with Crippen molar-refractivity contribution in [1.82, 2.24) is 0 Å². The molecule has 0 saturated heterocycles. The van der Waals surface area contributed by atoms with Crippen LogP contribution in [0.1, 0.15) is 26.2 Å². The first-order valence-corrected chi connectivity index (χ1v) is 6.41. The van der Waals surface area contributed by atoms with Gasteiger partial charge in [0.1, 0.15) is 0 Å². The summed E-state index contributed by atoms with van der Waals surface area (Å²) in [5, 5.41) is 18.0. The van der Waals surface area contributed by atoms with Crippen molar-refractivity contribution in [3.63, 3.8) is 0 Å². The zero-order valence-corrected chi connectivity index (χ0v) is 9.76. The molecule has 0 saturated carbocycles. The lowest BCUT2D eigenvalue weighted by atomic mass is 10.3. The average Bonchev–Trinajstić information content (AvgIpc) is 2.19. The maximum atomic E-state index is 9.44. The predicted molar refractivity (Wildman–Crippen MR) is 60.8 cm³/mol.